The molecule has 86 valence electrons. The summed E-state index contributed by atoms with van der Waals surface area (Å²) < 4.78 is 25.2. The summed E-state index contributed by atoms with van der Waals surface area (Å²) in [6.07, 6.45) is 3.81. The van der Waals surface area contributed by atoms with Crippen LogP contribution in [0.3, 0.4) is 0 Å². The van der Waals surface area contributed by atoms with Gasteiger partial charge < -0.3 is 5.32 Å². The summed E-state index contributed by atoms with van der Waals surface area (Å²) in [7, 11) is 1.61. The average Bonchev–Trinajstić information content (AvgIpc) is 2.17. The van der Waals surface area contributed by atoms with Gasteiger partial charge in [-0.15, -0.1) is 0 Å². The molecule has 0 aromatic heterocycles. The van der Waals surface area contributed by atoms with Gasteiger partial charge >= 0.3 is 0 Å². The van der Waals surface area contributed by atoms with Crippen LogP contribution in [-0.4, -0.2) is 19.0 Å². The van der Waals surface area contributed by atoms with Gasteiger partial charge in [-0.2, -0.15) is 0 Å². The molecule has 1 unspecified atom stereocenters. The van der Waals surface area contributed by atoms with Crippen LogP contribution in [0.25, 0.3) is 0 Å². The molecule has 0 aliphatic carbocycles. The van der Waals surface area contributed by atoms with Crippen LogP contribution in [0, 0.1) is 0 Å². The van der Waals surface area contributed by atoms with Crippen molar-refractivity contribution in [1.29, 1.82) is 0 Å². The van der Waals surface area contributed by atoms with Crippen LogP contribution in [0.5, 0.6) is 0 Å². The summed E-state index contributed by atoms with van der Waals surface area (Å²) in [5.41, 5.74) is -0.994. The second kappa shape index (κ2) is 7.16. The molecule has 0 amide bonds. The first-order valence-electron chi connectivity index (χ1n) is 5.54. The lowest BCUT2D eigenvalue weighted by Crippen LogP contribution is -2.46. The van der Waals surface area contributed by atoms with Crippen molar-refractivity contribution in [3.05, 3.63) is 0 Å². The highest BCUT2D eigenvalue weighted by Crippen LogP contribution is 2.22. The van der Waals surface area contributed by atoms with Crippen LogP contribution >= 0.6 is 0 Å². The van der Waals surface area contributed by atoms with Crippen LogP contribution in [0.15, 0.2) is 0 Å². The molecule has 0 radical (unpaired) electrons. The van der Waals surface area contributed by atoms with Gasteiger partial charge in [-0.05, 0) is 20.4 Å². The molecule has 0 saturated carbocycles. The Morgan fingerprint density at radius 3 is 2.14 bits per heavy atom. The standard InChI is InChI=1S/C11H23F2N/c1-4-5-6-7-8-9-11(2,14-3)10(12)13/h10,14H,4-9H2,1-3H3. The van der Waals surface area contributed by atoms with E-state index in [0.717, 1.165) is 12.8 Å². The summed E-state index contributed by atoms with van der Waals surface area (Å²) in [5, 5.41) is 2.72. The van der Waals surface area contributed by atoms with Gasteiger partial charge in [0.05, 0.1) is 5.54 Å². The highest BCUT2D eigenvalue weighted by molar-refractivity contribution is 4.83. The highest BCUT2D eigenvalue weighted by Gasteiger charge is 2.32. The molecule has 1 N–H and O–H groups in total. The van der Waals surface area contributed by atoms with Crippen LogP contribution in [0.1, 0.15) is 52.4 Å². The number of hydrogen-bond acceptors (Lipinski definition) is 1. The van der Waals surface area contributed by atoms with Crippen molar-refractivity contribution in [2.75, 3.05) is 7.05 Å². The van der Waals surface area contributed by atoms with Crippen LogP contribution < -0.4 is 5.32 Å². The van der Waals surface area contributed by atoms with Crippen molar-refractivity contribution in [2.45, 2.75) is 64.3 Å². The average molecular weight is 207 g/mol. The second-order valence-electron chi connectivity index (χ2n) is 4.13. The largest absolute Gasteiger partial charge is 0.310 e. The molecule has 0 rings (SSSR count). The Morgan fingerprint density at radius 1 is 1.14 bits per heavy atom. The molecule has 0 aliphatic rings. The van der Waals surface area contributed by atoms with Gasteiger partial charge in [0.25, 0.3) is 6.43 Å². The minimum absolute atomic E-state index is 0.560. The maximum atomic E-state index is 12.6. The number of hydrogen-bond donors (Lipinski definition) is 1. The minimum atomic E-state index is -2.28. The Hall–Kier alpha value is -0.180. The molecule has 0 aliphatic heterocycles. The predicted octanol–water partition coefficient (Wildman–Crippen LogP) is 3.59. The first kappa shape index (κ1) is 13.8. The van der Waals surface area contributed by atoms with E-state index in [1.807, 2.05) is 0 Å². The summed E-state index contributed by atoms with van der Waals surface area (Å²) in [4.78, 5) is 0. The van der Waals surface area contributed by atoms with Crippen LogP contribution in [0.2, 0.25) is 0 Å². The van der Waals surface area contributed by atoms with Crippen LogP contribution in [-0.2, 0) is 0 Å². The monoisotopic (exact) mass is 207 g/mol. The third-order valence-electron chi connectivity index (χ3n) is 2.85. The maximum Gasteiger partial charge on any atom is 0.256 e. The Labute approximate surface area is 86.3 Å². The molecule has 0 bridgehead atoms. The van der Waals surface area contributed by atoms with Gasteiger partial charge in [0.1, 0.15) is 0 Å². The van der Waals surface area contributed by atoms with Gasteiger partial charge in [0.15, 0.2) is 0 Å². The third kappa shape index (κ3) is 4.89. The van der Waals surface area contributed by atoms with E-state index < -0.39 is 12.0 Å². The molecule has 3 heteroatoms. The van der Waals surface area contributed by atoms with E-state index in [-0.39, 0.29) is 0 Å². The zero-order valence-corrected chi connectivity index (χ0v) is 9.58. The van der Waals surface area contributed by atoms with Gasteiger partial charge in [-0.1, -0.05) is 39.0 Å². The number of rotatable bonds is 8. The molecular weight excluding hydrogens is 184 g/mol. The lowest BCUT2D eigenvalue weighted by atomic mass is 9.94. The Morgan fingerprint density at radius 2 is 1.71 bits per heavy atom. The summed E-state index contributed by atoms with van der Waals surface area (Å²) in [6.45, 7) is 3.74. The summed E-state index contributed by atoms with van der Waals surface area (Å²) in [5.74, 6) is 0. The van der Waals surface area contributed by atoms with E-state index in [0.29, 0.717) is 6.42 Å². The quantitative estimate of drug-likeness (QED) is 0.600. The van der Waals surface area contributed by atoms with E-state index in [1.165, 1.54) is 19.3 Å². The topological polar surface area (TPSA) is 12.0 Å². The normalized spacial score (nSPS) is 15.9. The molecule has 0 fully saturated rings. The molecule has 1 atom stereocenters. The van der Waals surface area contributed by atoms with E-state index in [1.54, 1.807) is 14.0 Å². The second-order valence-corrected chi connectivity index (χ2v) is 4.13. The third-order valence-corrected chi connectivity index (χ3v) is 2.85. The van der Waals surface area contributed by atoms with Crippen molar-refractivity contribution in [1.82, 2.24) is 5.32 Å². The van der Waals surface area contributed by atoms with E-state index >= 15 is 0 Å². The number of unbranched alkanes of at least 4 members (excludes halogenated alkanes) is 4. The van der Waals surface area contributed by atoms with E-state index in [9.17, 15) is 8.78 Å². The fraction of sp³-hybridized carbons (Fsp3) is 1.00. The predicted molar refractivity (Wildman–Crippen MR) is 56.8 cm³/mol. The Balaban J connectivity index is 3.63. The fourth-order valence-electron chi connectivity index (χ4n) is 1.44. The zero-order chi connectivity index (χ0) is 11.0. The zero-order valence-electron chi connectivity index (χ0n) is 9.58. The summed E-state index contributed by atoms with van der Waals surface area (Å²) in [6, 6.07) is 0. The maximum absolute atomic E-state index is 12.6. The van der Waals surface area contributed by atoms with Crippen molar-refractivity contribution in [2.24, 2.45) is 0 Å². The van der Waals surface area contributed by atoms with Crippen molar-refractivity contribution in [3.63, 3.8) is 0 Å². The molecule has 1 nitrogen and oxygen atoms in total. The smallest absolute Gasteiger partial charge is 0.256 e. The van der Waals surface area contributed by atoms with Gasteiger partial charge in [0, 0.05) is 0 Å². The van der Waals surface area contributed by atoms with Crippen LogP contribution in [0.4, 0.5) is 8.78 Å². The molecule has 0 aromatic carbocycles. The van der Waals surface area contributed by atoms with Crippen molar-refractivity contribution >= 4 is 0 Å². The minimum Gasteiger partial charge on any atom is -0.310 e. The lowest BCUT2D eigenvalue weighted by Gasteiger charge is -2.28. The van der Waals surface area contributed by atoms with Gasteiger partial charge in [-0.3, -0.25) is 0 Å². The SMILES string of the molecule is CCCCCCCC(C)(NC)C(F)F. The molecule has 0 spiro atoms. The molecule has 0 heterocycles. The number of alkyl halides is 2. The molecule has 14 heavy (non-hydrogen) atoms. The first-order chi connectivity index (χ1) is 6.56. The lowest BCUT2D eigenvalue weighted by molar-refractivity contribution is 0.0383. The fourth-order valence-corrected chi connectivity index (χ4v) is 1.44. The first-order valence-corrected chi connectivity index (χ1v) is 5.54. The van der Waals surface area contributed by atoms with Gasteiger partial charge in [0.2, 0.25) is 0 Å². The number of halogens is 2. The number of nitrogens with one attached hydrogen (secondary N) is 1. The molecular formula is C11H23F2N. The molecule has 0 aromatic rings. The van der Waals surface area contributed by atoms with Crippen molar-refractivity contribution < 1.29 is 8.78 Å². The Kier molecular flexibility index (Phi) is 7.06. The molecule has 0 saturated heterocycles. The van der Waals surface area contributed by atoms with E-state index in [4.69, 9.17) is 0 Å². The highest BCUT2D eigenvalue weighted by atomic mass is 19.3. The van der Waals surface area contributed by atoms with E-state index in [2.05, 4.69) is 12.2 Å². The van der Waals surface area contributed by atoms with Gasteiger partial charge in [-0.25, -0.2) is 8.78 Å². The van der Waals surface area contributed by atoms with Crippen molar-refractivity contribution in [3.8, 4) is 0 Å². The summed E-state index contributed by atoms with van der Waals surface area (Å²) >= 11 is 0. The Bertz CT molecular complexity index is 139.